The van der Waals surface area contributed by atoms with Crippen molar-refractivity contribution < 1.29 is 9.53 Å². The first-order chi connectivity index (χ1) is 10.2. The number of carbonyl (C=O) groups excluding carboxylic acids is 1. The Hall–Kier alpha value is -1.81. The minimum Gasteiger partial charge on any atom is -0.484 e. The van der Waals surface area contributed by atoms with E-state index in [4.69, 9.17) is 4.74 Å². The van der Waals surface area contributed by atoms with Gasteiger partial charge in [0, 0.05) is 11.4 Å². The van der Waals surface area contributed by atoms with Gasteiger partial charge in [0.05, 0.1) is 6.54 Å². The van der Waals surface area contributed by atoms with Crippen LogP contribution in [-0.4, -0.2) is 24.0 Å². The van der Waals surface area contributed by atoms with Crippen molar-refractivity contribution in [2.45, 2.75) is 26.8 Å². The molecular weight excluding hydrogens is 282 g/mol. The third-order valence-electron chi connectivity index (χ3n) is 3.36. The number of ether oxygens (including phenoxy) is 1. The van der Waals surface area contributed by atoms with Crippen molar-refractivity contribution in [2.24, 2.45) is 0 Å². The van der Waals surface area contributed by atoms with Gasteiger partial charge in [-0.15, -0.1) is 11.3 Å². The van der Waals surface area contributed by atoms with E-state index in [1.54, 1.807) is 11.3 Å². The molecule has 0 aliphatic carbocycles. The Balaban J connectivity index is 1.86. The number of nitrogens with zero attached hydrogens (tertiary/aromatic N) is 1. The molecule has 0 saturated carbocycles. The molecule has 1 amide bonds. The van der Waals surface area contributed by atoms with Crippen molar-refractivity contribution in [3.8, 4) is 5.75 Å². The Labute approximate surface area is 130 Å². The largest absolute Gasteiger partial charge is 0.484 e. The molecule has 1 aromatic heterocycles. The Morgan fingerprint density at radius 2 is 1.95 bits per heavy atom. The van der Waals surface area contributed by atoms with Gasteiger partial charge < -0.3 is 9.64 Å². The Bertz CT molecular complexity index is 549. The number of hydrogen-bond donors (Lipinski definition) is 0. The summed E-state index contributed by atoms with van der Waals surface area (Å²) in [4.78, 5) is 15.2. The molecule has 1 aromatic carbocycles. The molecule has 0 atom stereocenters. The van der Waals surface area contributed by atoms with Crippen LogP contribution in [0.25, 0.3) is 0 Å². The Morgan fingerprint density at radius 3 is 2.52 bits per heavy atom. The van der Waals surface area contributed by atoms with Crippen LogP contribution in [0, 0.1) is 0 Å². The lowest BCUT2D eigenvalue weighted by Crippen LogP contribution is -2.34. The lowest BCUT2D eigenvalue weighted by molar-refractivity contribution is -0.133. The van der Waals surface area contributed by atoms with E-state index in [1.807, 2.05) is 53.6 Å². The smallest absolute Gasteiger partial charge is 0.260 e. The first-order valence-electron chi connectivity index (χ1n) is 7.24. The minimum absolute atomic E-state index is 0.0190. The predicted octanol–water partition coefficient (Wildman–Crippen LogP) is 3.74. The average Bonchev–Trinajstić information content (AvgIpc) is 3.03. The summed E-state index contributed by atoms with van der Waals surface area (Å²) in [7, 11) is 0. The molecule has 4 heteroatoms. The van der Waals surface area contributed by atoms with Crippen LogP contribution in [0.15, 0.2) is 41.8 Å². The molecule has 0 unspecified atom stereocenters. The zero-order chi connectivity index (χ0) is 15.1. The molecule has 0 radical (unpaired) electrons. The SMILES string of the molecule is CCc1ccc(OCC(=O)N(CC)Cc2cccs2)cc1. The van der Waals surface area contributed by atoms with Crippen molar-refractivity contribution in [2.75, 3.05) is 13.2 Å². The van der Waals surface area contributed by atoms with Crippen LogP contribution < -0.4 is 4.74 Å². The van der Waals surface area contributed by atoms with E-state index >= 15 is 0 Å². The first-order valence-corrected chi connectivity index (χ1v) is 8.12. The molecule has 0 N–H and O–H groups in total. The van der Waals surface area contributed by atoms with Gasteiger partial charge in [-0.2, -0.15) is 0 Å². The second-order valence-corrected chi connectivity index (χ2v) is 5.81. The van der Waals surface area contributed by atoms with Crippen molar-refractivity contribution in [3.05, 3.63) is 52.2 Å². The fourth-order valence-electron chi connectivity index (χ4n) is 2.02. The zero-order valence-corrected chi connectivity index (χ0v) is 13.4. The number of aryl methyl sites for hydroxylation is 1. The van der Waals surface area contributed by atoms with Gasteiger partial charge in [0.2, 0.25) is 0 Å². The molecule has 0 aliphatic heterocycles. The summed E-state index contributed by atoms with van der Waals surface area (Å²) >= 11 is 1.67. The summed E-state index contributed by atoms with van der Waals surface area (Å²) in [5.74, 6) is 0.762. The van der Waals surface area contributed by atoms with E-state index in [0.717, 1.165) is 12.2 Å². The van der Waals surface area contributed by atoms with Gasteiger partial charge in [-0.3, -0.25) is 4.79 Å². The zero-order valence-electron chi connectivity index (χ0n) is 12.5. The summed E-state index contributed by atoms with van der Waals surface area (Å²) in [6.45, 7) is 5.54. The number of rotatable bonds is 7. The van der Waals surface area contributed by atoms with E-state index in [1.165, 1.54) is 10.4 Å². The third kappa shape index (κ3) is 4.60. The molecule has 1 heterocycles. The highest BCUT2D eigenvalue weighted by molar-refractivity contribution is 7.09. The lowest BCUT2D eigenvalue weighted by atomic mass is 10.2. The fourth-order valence-corrected chi connectivity index (χ4v) is 2.74. The summed E-state index contributed by atoms with van der Waals surface area (Å²) in [5.41, 5.74) is 1.27. The standard InChI is InChI=1S/C17H21NO2S/c1-3-14-7-9-15(10-8-14)20-13-17(19)18(4-2)12-16-6-5-11-21-16/h5-11H,3-4,12-13H2,1-2H3. The highest BCUT2D eigenvalue weighted by Gasteiger charge is 2.13. The number of carbonyl (C=O) groups is 1. The number of likely N-dealkylation sites (N-methyl/N-ethyl adjacent to an activating group) is 1. The molecule has 0 fully saturated rings. The molecule has 0 aliphatic rings. The molecule has 21 heavy (non-hydrogen) atoms. The number of thiophene rings is 1. The van der Waals surface area contributed by atoms with Crippen LogP contribution in [0.1, 0.15) is 24.3 Å². The van der Waals surface area contributed by atoms with Gasteiger partial charge in [0.25, 0.3) is 5.91 Å². The monoisotopic (exact) mass is 303 g/mol. The normalized spacial score (nSPS) is 10.4. The maximum Gasteiger partial charge on any atom is 0.260 e. The van der Waals surface area contributed by atoms with Gasteiger partial charge in [-0.25, -0.2) is 0 Å². The number of hydrogen-bond acceptors (Lipinski definition) is 3. The summed E-state index contributed by atoms with van der Waals surface area (Å²) in [6, 6.07) is 11.9. The molecule has 112 valence electrons. The maximum absolute atomic E-state index is 12.2. The second kappa shape index (κ2) is 7.84. The van der Waals surface area contributed by atoms with Crippen molar-refractivity contribution in [1.29, 1.82) is 0 Å². The van der Waals surface area contributed by atoms with Crippen molar-refractivity contribution in [3.63, 3.8) is 0 Å². The number of benzene rings is 1. The van der Waals surface area contributed by atoms with Crippen LogP contribution in [0.5, 0.6) is 5.75 Å². The van der Waals surface area contributed by atoms with Crippen LogP contribution in [-0.2, 0) is 17.8 Å². The van der Waals surface area contributed by atoms with Crippen LogP contribution >= 0.6 is 11.3 Å². The lowest BCUT2D eigenvalue weighted by Gasteiger charge is -2.20. The van der Waals surface area contributed by atoms with Crippen LogP contribution in [0.2, 0.25) is 0 Å². The van der Waals surface area contributed by atoms with Gasteiger partial charge in [0.1, 0.15) is 5.75 Å². The first kappa shape index (κ1) is 15.6. The molecule has 0 saturated heterocycles. The summed E-state index contributed by atoms with van der Waals surface area (Å²) in [6.07, 6.45) is 1.00. The molecule has 2 rings (SSSR count). The second-order valence-electron chi connectivity index (χ2n) is 4.77. The summed E-state index contributed by atoms with van der Waals surface area (Å²) in [5, 5.41) is 2.03. The van der Waals surface area contributed by atoms with Crippen molar-refractivity contribution >= 4 is 17.2 Å². The third-order valence-corrected chi connectivity index (χ3v) is 4.22. The Kier molecular flexibility index (Phi) is 5.81. The minimum atomic E-state index is 0.0190. The fraction of sp³-hybridized carbons (Fsp3) is 0.353. The van der Waals surface area contributed by atoms with Crippen LogP contribution in [0.4, 0.5) is 0 Å². The Morgan fingerprint density at radius 1 is 1.19 bits per heavy atom. The molecule has 3 nitrogen and oxygen atoms in total. The number of amides is 1. The maximum atomic E-state index is 12.2. The van der Waals surface area contributed by atoms with Gasteiger partial charge in [0.15, 0.2) is 6.61 Å². The topological polar surface area (TPSA) is 29.5 Å². The van der Waals surface area contributed by atoms with Gasteiger partial charge >= 0.3 is 0 Å². The molecule has 0 bridgehead atoms. The van der Waals surface area contributed by atoms with Crippen LogP contribution in [0.3, 0.4) is 0 Å². The van der Waals surface area contributed by atoms with E-state index in [2.05, 4.69) is 6.92 Å². The van der Waals surface area contributed by atoms with E-state index in [-0.39, 0.29) is 12.5 Å². The predicted molar refractivity (Wildman–Crippen MR) is 86.7 cm³/mol. The van der Waals surface area contributed by atoms with E-state index in [0.29, 0.717) is 13.1 Å². The quantitative estimate of drug-likeness (QED) is 0.780. The highest BCUT2D eigenvalue weighted by atomic mass is 32.1. The van der Waals surface area contributed by atoms with E-state index < -0.39 is 0 Å². The molecule has 2 aromatic rings. The van der Waals surface area contributed by atoms with Crippen molar-refractivity contribution in [1.82, 2.24) is 4.90 Å². The molecule has 0 spiro atoms. The molecular formula is C17H21NO2S. The highest BCUT2D eigenvalue weighted by Crippen LogP contribution is 2.14. The average molecular weight is 303 g/mol. The summed E-state index contributed by atoms with van der Waals surface area (Å²) < 4.78 is 5.58. The van der Waals surface area contributed by atoms with Gasteiger partial charge in [-0.05, 0) is 42.5 Å². The van der Waals surface area contributed by atoms with E-state index in [9.17, 15) is 4.79 Å². The van der Waals surface area contributed by atoms with Gasteiger partial charge in [-0.1, -0.05) is 25.1 Å².